The van der Waals surface area contributed by atoms with Crippen molar-refractivity contribution < 1.29 is 19.4 Å². The first-order chi connectivity index (χ1) is 14.7. The van der Waals surface area contributed by atoms with Gasteiger partial charge in [-0.3, -0.25) is 4.79 Å². The molecule has 31 heavy (non-hydrogen) atoms. The molecule has 1 fully saturated rings. The molecule has 3 aromatic rings. The van der Waals surface area contributed by atoms with E-state index in [1.807, 2.05) is 25.1 Å². The van der Waals surface area contributed by atoms with Gasteiger partial charge in [0.2, 0.25) is 5.95 Å². The smallest absolute Gasteiger partial charge is 0.309 e. The fourth-order valence-corrected chi connectivity index (χ4v) is 4.82. The minimum atomic E-state index is -1.11. The molecule has 1 saturated carbocycles. The molecule has 0 aliphatic heterocycles. The van der Waals surface area contributed by atoms with Gasteiger partial charge in [-0.2, -0.15) is 0 Å². The topological polar surface area (TPSA) is 108 Å². The number of carboxylic acid groups (broad SMARTS) is 1. The minimum absolute atomic E-state index is 0.293. The predicted octanol–water partition coefficient (Wildman–Crippen LogP) is 4.64. The van der Waals surface area contributed by atoms with Gasteiger partial charge in [0.15, 0.2) is 5.82 Å². The van der Waals surface area contributed by atoms with E-state index in [1.54, 1.807) is 13.1 Å². The highest BCUT2D eigenvalue weighted by atomic mass is 32.1. The Labute approximate surface area is 183 Å². The first-order valence-electron chi connectivity index (χ1n) is 9.96. The van der Waals surface area contributed by atoms with Gasteiger partial charge in [-0.1, -0.05) is 6.07 Å². The highest BCUT2D eigenvalue weighted by Crippen LogP contribution is 2.47. The van der Waals surface area contributed by atoms with Gasteiger partial charge in [0, 0.05) is 11.9 Å². The van der Waals surface area contributed by atoms with Crippen molar-refractivity contribution in [3.8, 4) is 10.4 Å². The molecule has 2 aromatic heterocycles. The van der Waals surface area contributed by atoms with E-state index >= 15 is 0 Å². The number of hydrogen-bond acceptors (Lipinski definition) is 7. The second-order valence-electron chi connectivity index (χ2n) is 8.36. The van der Waals surface area contributed by atoms with E-state index in [0.717, 1.165) is 34.1 Å². The van der Waals surface area contributed by atoms with Crippen LogP contribution < -0.4 is 5.32 Å². The standard InChI is InChI=1S/C22H23FN4O3S/c1-13-7-14(9-16(8-13)27-20-25-10-15(23)11-26-20)17-12-24-18(31-17)22(30)5-3-21(2,4-6-22)19(28)29/h7-12,30H,3-6H2,1-2H3,(H,28,29)(H,25,26,27)/t21-,22+. The van der Waals surface area contributed by atoms with Crippen LogP contribution in [0.2, 0.25) is 0 Å². The summed E-state index contributed by atoms with van der Waals surface area (Å²) in [5.74, 6) is -1.03. The van der Waals surface area contributed by atoms with Crippen LogP contribution >= 0.6 is 11.3 Å². The van der Waals surface area contributed by atoms with Crippen molar-refractivity contribution in [2.24, 2.45) is 5.41 Å². The molecule has 1 aliphatic carbocycles. The maximum atomic E-state index is 13.0. The van der Waals surface area contributed by atoms with Crippen LogP contribution in [-0.2, 0) is 10.4 Å². The third kappa shape index (κ3) is 4.42. The van der Waals surface area contributed by atoms with Crippen LogP contribution in [0, 0.1) is 18.2 Å². The third-order valence-electron chi connectivity index (χ3n) is 5.84. The van der Waals surface area contributed by atoms with Crippen molar-refractivity contribution in [3.05, 3.63) is 53.2 Å². The van der Waals surface area contributed by atoms with Crippen molar-refractivity contribution in [1.82, 2.24) is 15.0 Å². The van der Waals surface area contributed by atoms with E-state index in [0.29, 0.717) is 36.6 Å². The molecule has 0 bridgehead atoms. The number of benzene rings is 1. The number of nitrogens with one attached hydrogen (secondary N) is 1. The zero-order valence-electron chi connectivity index (χ0n) is 17.2. The van der Waals surface area contributed by atoms with Gasteiger partial charge in [0.05, 0.1) is 22.7 Å². The first-order valence-corrected chi connectivity index (χ1v) is 10.8. The summed E-state index contributed by atoms with van der Waals surface area (Å²) in [5, 5.41) is 24.2. The lowest BCUT2D eigenvalue weighted by Crippen LogP contribution is -2.39. The summed E-state index contributed by atoms with van der Waals surface area (Å²) in [4.78, 5) is 24.7. The summed E-state index contributed by atoms with van der Waals surface area (Å²) < 4.78 is 13.0. The number of thiazole rings is 1. The number of aliphatic hydroxyl groups is 1. The van der Waals surface area contributed by atoms with Gasteiger partial charge in [-0.05, 0) is 62.8 Å². The molecule has 0 spiro atoms. The maximum Gasteiger partial charge on any atom is 0.309 e. The lowest BCUT2D eigenvalue weighted by Gasteiger charge is -2.38. The van der Waals surface area contributed by atoms with Crippen LogP contribution in [0.25, 0.3) is 10.4 Å². The van der Waals surface area contributed by atoms with Crippen LogP contribution in [0.4, 0.5) is 16.0 Å². The van der Waals surface area contributed by atoms with Crippen molar-refractivity contribution in [1.29, 1.82) is 0 Å². The summed E-state index contributed by atoms with van der Waals surface area (Å²) in [6.07, 6.45) is 5.48. The summed E-state index contributed by atoms with van der Waals surface area (Å²) in [5.41, 5.74) is 0.773. The number of carboxylic acids is 1. The third-order valence-corrected chi connectivity index (χ3v) is 7.08. The highest BCUT2D eigenvalue weighted by molar-refractivity contribution is 7.15. The molecule has 0 atom stereocenters. The van der Waals surface area contributed by atoms with Crippen LogP contribution in [-0.4, -0.2) is 31.1 Å². The van der Waals surface area contributed by atoms with Gasteiger partial charge in [-0.15, -0.1) is 11.3 Å². The van der Waals surface area contributed by atoms with Crippen LogP contribution in [0.15, 0.2) is 36.8 Å². The van der Waals surface area contributed by atoms with Gasteiger partial charge < -0.3 is 15.5 Å². The monoisotopic (exact) mass is 442 g/mol. The minimum Gasteiger partial charge on any atom is -0.481 e. The molecule has 0 radical (unpaired) electrons. The fraction of sp³-hybridized carbons (Fsp3) is 0.364. The summed E-state index contributed by atoms with van der Waals surface area (Å²) in [6, 6.07) is 5.86. The Morgan fingerprint density at radius 2 is 1.77 bits per heavy atom. The van der Waals surface area contributed by atoms with E-state index in [2.05, 4.69) is 20.3 Å². The van der Waals surface area contributed by atoms with Crippen molar-refractivity contribution in [2.75, 3.05) is 5.32 Å². The number of rotatable bonds is 5. The fourth-order valence-electron chi connectivity index (χ4n) is 3.77. The van der Waals surface area contributed by atoms with E-state index in [1.165, 1.54) is 11.3 Å². The predicted molar refractivity (Wildman–Crippen MR) is 116 cm³/mol. The number of aryl methyl sites for hydroxylation is 1. The quantitative estimate of drug-likeness (QED) is 0.528. The van der Waals surface area contributed by atoms with Crippen LogP contribution in [0.3, 0.4) is 0 Å². The molecular formula is C22H23FN4O3S. The molecule has 3 N–H and O–H groups in total. The Balaban J connectivity index is 1.56. The SMILES string of the molecule is Cc1cc(Nc2ncc(F)cn2)cc(-c2cnc([C@]3(O)CC[C@@](C)(C(=O)O)CC3)s2)c1. The van der Waals surface area contributed by atoms with Gasteiger partial charge in [0.25, 0.3) is 0 Å². The van der Waals surface area contributed by atoms with Crippen LogP contribution in [0.1, 0.15) is 43.2 Å². The molecule has 0 amide bonds. The van der Waals surface area contributed by atoms with Crippen LogP contribution in [0.5, 0.6) is 0 Å². The van der Waals surface area contributed by atoms with E-state index in [9.17, 15) is 19.4 Å². The number of aromatic nitrogens is 3. The highest BCUT2D eigenvalue weighted by Gasteiger charge is 2.45. The van der Waals surface area contributed by atoms with E-state index in [4.69, 9.17) is 0 Å². The molecule has 0 saturated heterocycles. The zero-order valence-corrected chi connectivity index (χ0v) is 18.0. The number of nitrogens with zero attached hydrogens (tertiary/aromatic N) is 3. The lowest BCUT2D eigenvalue weighted by molar-refractivity contribution is -0.153. The van der Waals surface area contributed by atoms with Crippen molar-refractivity contribution in [3.63, 3.8) is 0 Å². The first kappa shape index (κ1) is 21.3. The molecule has 7 nitrogen and oxygen atoms in total. The lowest BCUT2D eigenvalue weighted by atomic mass is 9.70. The Bertz CT molecular complexity index is 1110. The average molecular weight is 443 g/mol. The molecule has 9 heteroatoms. The summed E-state index contributed by atoms with van der Waals surface area (Å²) in [6.45, 7) is 3.69. The van der Waals surface area contributed by atoms with Crippen molar-refractivity contribution >= 4 is 28.9 Å². The number of aliphatic carboxylic acids is 1. The van der Waals surface area contributed by atoms with E-state index < -0.39 is 22.8 Å². The summed E-state index contributed by atoms with van der Waals surface area (Å²) in [7, 11) is 0. The summed E-state index contributed by atoms with van der Waals surface area (Å²) >= 11 is 1.41. The number of anilines is 2. The largest absolute Gasteiger partial charge is 0.481 e. The number of carbonyl (C=O) groups is 1. The average Bonchev–Trinajstić information content (AvgIpc) is 3.23. The van der Waals surface area contributed by atoms with Gasteiger partial charge in [0.1, 0.15) is 10.6 Å². The zero-order chi connectivity index (χ0) is 22.2. The molecular weight excluding hydrogens is 419 g/mol. The molecule has 162 valence electrons. The normalized spacial score (nSPS) is 23.5. The van der Waals surface area contributed by atoms with Gasteiger partial charge in [-0.25, -0.2) is 19.3 Å². The second kappa shape index (κ2) is 7.97. The van der Waals surface area contributed by atoms with Gasteiger partial charge >= 0.3 is 5.97 Å². The van der Waals surface area contributed by atoms with Crippen molar-refractivity contribution in [2.45, 2.75) is 45.1 Å². The molecule has 1 aromatic carbocycles. The molecule has 4 rings (SSSR count). The maximum absolute atomic E-state index is 13.0. The molecule has 2 heterocycles. The van der Waals surface area contributed by atoms with E-state index in [-0.39, 0.29) is 0 Å². The second-order valence-corrected chi connectivity index (χ2v) is 9.40. The molecule has 1 aliphatic rings. The Hall–Kier alpha value is -2.91. The molecule has 0 unspecified atom stereocenters. The Morgan fingerprint density at radius 1 is 1.10 bits per heavy atom. The Morgan fingerprint density at radius 3 is 2.42 bits per heavy atom. The number of hydrogen-bond donors (Lipinski definition) is 3. The Kier molecular flexibility index (Phi) is 5.49. The number of halogens is 1.